The first kappa shape index (κ1) is 13.8. The summed E-state index contributed by atoms with van der Waals surface area (Å²) in [5.41, 5.74) is 11.8. The van der Waals surface area contributed by atoms with E-state index in [0.29, 0.717) is 12.3 Å². The highest BCUT2D eigenvalue weighted by Gasteiger charge is 2.12. The van der Waals surface area contributed by atoms with Crippen LogP contribution in [0.1, 0.15) is 30.9 Å². The summed E-state index contributed by atoms with van der Waals surface area (Å²) in [6.45, 7) is 2.77. The lowest BCUT2D eigenvalue weighted by Crippen LogP contribution is -2.02. The second-order valence-electron chi connectivity index (χ2n) is 5.53. The minimum absolute atomic E-state index is 0.673. The van der Waals surface area contributed by atoms with Crippen molar-refractivity contribution >= 4 is 17.1 Å². The topological polar surface area (TPSA) is 47.3 Å². The summed E-state index contributed by atoms with van der Waals surface area (Å²) >= 11 is 0. The first-order chi connectivity index (χ1) is 10.3. The fourth-order valence-electron chi connectivity index (χ4n) is 2.80. The van der Waals surface area contributed by atoms with Gasteiger partial charge in [-0.25, -0.2) is 0 Å². The number of nitrogens with one attached hydrogen (secondary N) is 1. The maximum Gasteiger partial charge on any atom is 0.144 e. The van der Waals surface area contributed by atoms with Crippen LogP contribution in [0.15, 0.2) is 36.4 Å². The van der Waals surface area contributed by atoms with Crippen molar-refractivity contribution < 1.29 is 4.74 Å². The van der Waals surface area contributed by atoms with E-state index in [9.17, 15) is 0 Å². The zero-order chi connectivity index (χ0) is 14.7. The molecule has 0 amide bonds. The number of fused-ring (bicyclic) bond motifs is 1. The molecule has 2 aromatic carbocycles. The Morgan fingerprint density at radius 3 is 2.86 bits per heavy atom. The lowest BCUT2D eigenvalue weighted by Gasteiger charge is -2.14. The zero-order valence-corrected chi connectivity index (χ0v) is 12.5. The standard InChI is InChI=1S/C18H22N2O/c1-2-11-21-17-8-4-7-16(18(17)19)20-15-10-9-13-5-3-6-14(13)12-15/h4,7-10,12,20H,2-3,5-6,11,19H2,1H3. The van der Waals surface area contributed by atoms with Crippen molar-refractivity contribution in [1.29, 1.82) is 0 Å². The number of hydrogen-bond acceptors (Lipinski definition) is 3. The van der Waals surface area contributed by atoms with Crippen molar-refractivity contribution in [1.82, 2.24) is 0 Å². The quantitative estimate of drug-likeness (QED) is 0.804. The van der Waals surface area contributed by atoms with Crippen LogP contribution in [0.4, 0.5) is 17.1 Å². The van der Waals surface area contributed by atoms with E-state index >= 15 is 0 Å². The largest absolute Gasteiger partial charge is 0.491 e. The molecule has 110 valence electrons. The van der Waals surface area contributed by atoms with Gasteiger partial charge in [0.25, 0.3) is 0 Å². The molecule has 21 heavy (non-hydrogen) atoms. The van der Waals surface area contributed by atoms with E-state index in [1.165, 1.54) is 30.4 Å². The second-order valence-corrected chi connectivity index (χ2v) is 5.53. The molecular weight excluding hydrogens is 260 g/mol. The average molecular weight is 282 g/mol. The molecule has 0 saturated heterocycles. The Bertz CT molecular complexity index is 637. The Balaban J connectivity index is 1.81. The van der Waals surface area contributed by atoms with Crippen molar-refractivity contribution in [2.24, 2.45) is 0 Å². The Morgan fingerprint density at radius 2 is 2.00 bits per heavy atom. The van der Waals surface area contributed by atoms with E-state index in [2.05, 4.69) is 30.4 Å². The summed E-state index contributed by atoms with van der Waals surface area (Å²) < 4.78 is 5.67. The van der Waals surface area contributed by atoms with Gasteiger partial charge in [0.15, 0.2) is 0 Å². The second kappa shape index (κ2) is 6.08. The summed E-state index contributed by atoms with van der Waals surface area (Å²) in [4.78, 5) is 0. The van der Waals surface area contributed by atoms with Crippen LogP contribution in [0.2, 0.25) is 0 Å². The van der Waals surface area contributed by atoms with E-state index < -0.39 is 0 Å². The summed E-state index contributed by atoms with van der Waals surface area (Å²) in [7, 11) is 0. The maximum atomic E-state index is 6.20. The third-order valence-electron chi connectivity index (χ3n) is 3.91. The number of ether oxygens (including phenoxy) is 1. The van der Waals surface area contributed by atoms with E-state index in [1.54, 1.807) is 0 Å². The van der Waals surface area contributed by atoms with Gasteiger partial charge in [0.1, 0.15) is 5.75 Å². The Hall–Kier alpha value is -2.16. The van der Waals surface area contributed by atoms with Crippen LogP contribution in [0.3, 0.4) is 0 Å². The lowest BCUT2D eigenvalue weighted by molar-refractivity contribution is 0.319. The molecule has 2 aromatic rings. The number of hydrogen-bond donors (Lipinski definition) is 2. The SMILES string of the molecule is CCCOc1cccc(Nc2ccc3c(c2)CCC3)c1N. The van der Waals surface area contributed by atoms with Crippen molar-refractivity contribution in [3.8, 4) is 5.75 Å². The number of anilines is 3. The molecular formula is C18H22N2O. The third-order valence-corrected chi connectivity index (χ3v) is 3.91. The highest BCUT2D eigenvalue weighted by atomic mass is 16.5. The van der Waals surface area contributed by atoms with Crippen LogP contribution in [-0.4, -0.2) is 6.61 Å². The average Bonchev–Trinajstić information content (AvgIpc) is 2.96. The molecule has 0 saturated carbocycles. The van der Waals surface area contributed by atoms with Crippen molar-refractivity contribution in [3.05, 3.63) is 47.5 Å². The summed E-state index contributed by atoms with van der Waals surface area (Å²) in [5.74, 6) is 0.753. The van der Waals surface area contributed by atoms with Crippen LogP contribution in [0.5, 0.6) is 5.75 Å². The molecule has 0 heterocycles. The minimum Gasteiger partial charge on any atom is -0.491 e. The summed E-state index contributed by atoms with van der Waals surface area (Å²) in [5, 5.41) is 3.41. The number of aryl methyl sites for hydroxylation is 2. The first-order valence-electron chi connectivity index (χ1n) is 7.68. The number of rotatable bonds is 5. The highest BCUT2D eigenvalue weighted by molar-refractivity contribution is 5.77. The Kier molecular flexibility index (Phi) is 4.00. The third kappa shape index (κ3) is 2.97. The highest BCUT2D eigenvalue weighted by Crippen LogP contribution is 2.33. The summed E-state index contributed by atoms with van der Waals surface area (Å²) in [6, 6.07) is 12.5. The molecule has 0 atom stereocenters. The fourth-order valence-corrected chi connectivity index (χ4v) is 2.80. The van der Waals surface area contributed by atoms with E-state index in [4.69, 9.17) is 10.5 Å². The Labute approximate surface area is 126 Å². The zero-order valence-electron chi connectivity index (χ0n) is 12.5. The van der Waals surface area contributed by atoms with Gasteiger partial charge in [0.2, 0.25) is 0 Å². The molecule has 1 aliphatic carbocycles. The van der Waals surface area contributed by atoms with Crippen LogP contribution < -0.4 is 15.8 Å². The number of para-hydroxylation sites is 1. The summed E-state index contributed by atoms with van der Waals surface area (Å²) in [6.07, 6.45) is 4.63. The van der Waals surface area contributed by atoms with E-state index in [0.717, 1.165) is 23.5 Å². The molecule has 0 radical (unpaired) electrons. The van der Waals surface area contributed by atoms with E-state index in [-0.39, 0.29) is 0 Å². The predicted molar refractivity (Wildman–Crippen MR) is 88.4 cm³/mol. The smallest absolute Gasteiger partial charge is 0.144 e. The van der Waals surface area contributed by atoms with Crippen LogP contribution in [0.25, 0.3) is 0 Å². The van der Waals surface area contributed by atoms with E-state index in [1.807, 2.05) is 18.2 Å². The monoisotopic (exact) mass is 282 g/mol. The molecule has 0 aliphatic heterocycles. The lowest BCUT2D eigenvalue weighted by atomic mass is 10.1. The molecule has 3 rings (SSSR count). The first-order valence-corrected chi connectivity index (χ1v) is 7.68. The minimum atomic E-state index is 0.673. The van der Waals surface area contributed by atoms with Gasteiger partial charge in [-0.05, 0) is 61.1 Å². The molecule has 0 spiro atoms. The van der Waals surface area contributed by atoms with Crippen LogP contribution in [-0.2, 0) is 12.8 Å². The molecule has 0 bridgehead atoms. The normalized spacial score (nSPS) is 13.0. The molecule has 0 unspecified atom stereocenters. The number of benzene rings is 2. The van der Waals surface area contributed by atoms with Crippen LogP contribution in [0, 0.1) is 0 Å². The van der Waals surface area contributed by atoms with Gasteiger partial charge in [0.05, 0.1) is 18.0 Å². The molecule has 1 aliphatic rings. The number of nitrogen functional groups attached to an aromatic ring is 1. The molecule has 3 heteroatoms. The predicted octanol–water partition coefficient (Wildman–Crippen LogP) is 4.29. The Morgan fingerprint density at radius 1 is 1.14 bits per heavy atom. The van der Waals surface area contributed by atoms with Gasteiger partial charge >= 0.3 is 0 Å². The van der Waals surface area contributed by atoms with Crippen molar-refractivity contribution in [2.75, 3.05) is 17.7 Å². The van der Waals surface area contributed by atoms with Gasteiger partial charge in [-0.2, -0.15) is 0 Å². The van der Waals surface area contributed by atoms with Gasteiger partial charge < -0.3 is 15.8 Å². The molecule has 3 nitrogen and oxygen atoms in total. The van der Waals surface area contributed by atoms with Crippen molar-refractivity contribution in [2.45, 2.75) is 32.6 Å². The van der Waals surface area contributed by atoms with Crippen molar-refractivity contribution in [3.63, 3.8) is 0 Å². The molecule has 3 N–H and O–H groups in total. The number of nitrogens with two attached hydrogens (primary N) is 1. The molecule has 0 aromatic heterocycles. The van der Waals surface area contributed by atoms with Gasteiger partial charge in [0, 0.05) is 5.69 Å². The molecule has 0 fully saturated rings. The maximum absolute atomic E-state index is 6.20. The fraction of sp³-hybridized carbons (Fsp3) is 0.333. The van der Waals surface area contributed by atoms with Crippen LogP contribution >= 0.6 is 0 Å². The van der Waals surface area contributed by atoms with Gasteiger partial charge in [-0.15, -0.1) is 0 Å². The van der Waals surface area contributed by atoms with Gasteiger partial charge in [-0.1, -0.05) is 19.1 Å². The van der Waals surface area contributed by atoms with Gasteiger partial charge in [-0.3, -0.25) is 0 Å².